The molecule has 0 bridgehead atoms. The van der Waals surface area contributed by atoms with Gasteiger partial charge in [0.25, 0.3) is 5.56 Å². The predicted octanol–water partition coefficient (Wildman–Crippen LogP) is 4.42. The highest BCUT2D eigenvalue weighted by atomic mass is 19.1. The van der Waals surface area contributed by atoms with Gasteiger partial charge in [-0.25, -0.2) is 9.07 Å². The van der Waals surface area contributed by atoms with Gasteiger partial charge in [0.1, 0.15) is 11.9 Å². The minimum absolute atomic E-state index is 0.152. The minimum atomic E-state index is -0.457. The average molecular weight is 538 g/mol. The van der Waals surface area contributed by atoms with Crippen LogP contribution in [0.1, 0.15) is 34.1 Å². The van der Waals surface area contributed by atoms with Crippen LogP contribution in [-0.4, -0.2) is 56.3 Å². The number of hydrogen-bond acceptors (Lipinski definition) is 6. The van der Waals surface area contributed by atoms with Crippen molar-refractivity contribution in [3.63, 3.8) is 0 Å². The lowest BCUT2D eigenvalue weighted by Gasteiger charge is -2.39. The molecular weight excluding hydrogens is 505 g/mol. The average Bonchev–Trinajstić information content (AvgIpc) is 3.44. The van der Waals surface area contributed by atoms with E-state index in [4.69, 9.17) is 0 Å². The highest BCUT2D eigenvalue weighted by Crippen LogP contribution is 2.30. The zero-order chi connectivity index (χ0) is 27.6. The molecule has 5 aromatic rings. The number of H-pyrrole nitrogens is 1. The van der Waals surface area contributed by atoms with E-state index in [1.165, 1.54) is 11.6 Å². The molecule has 0 amide bonds. The Morgan fingerprint density at radius 1 is 0.925 bits per heavy atom. The van der Waals surface area contributed by atoms with Crippen LogP contribution >= 0.6 is 0 Å². The van der Waals surface area contributed by atoms with Crippen molar-refractivity contribution in [3.05, 3.63) is 117 Å². The van der Waals surface area contributed by atoms with E-state index in [1.807, 2.05) is 54.1 Å². The van der Waals surface area contributed by atoms with E-state index in [2.05, 4.69) is 55.4 Å². The summed E-state index contributed by atoms with van der Waals surface area (Å²) in [5.74, 6) is 0.402. The van der Waals surface area contributed by atoms with Crippen LogP contribution in [-0.2, 0) is 13.0 Å². The third kappa shape index (κ3) is 5.00. The van der Waals surface area contributed by atoms with Crippen LogP contribution in [0.2, 0.25) is 0 Å². The van der Waals surface area contributed by atoms with Crippen molar-refractivity contribution >= 4 is 16.6 Å². The van der Waals surface area contributed by atoms with Gasteiger partial charge in [-0.2, -0.15) is 0 Å². The number of nitrogens with one attached hydrogen (secondary N) is 1. The number of hydrogen-bond donors (Lipinski definition) is 1. The molecule has 1 atom stereocenters. The number of aromatic amines is 1. The van der Waals surface area contributed by atoms with Crippen molar-refractivity contribution in [2.24, 2.45) is 0 Å². The molecule has 9 heteroatoms. The fourth-order valence-electron chi connectivity index (χ4n) is 5.67. The van der Waals surface area contributed by atoms with Crippen LogP contribution in [0.15, 0.2) is 77.6 Å². The number of fused-ring (bicyclic) bond motifs is 1. The number of aryl methyl sites for hydroxylation is 4. The zero-order valence-corrected chi connectivity index (χ0v) is 22.7. The van der Waals surface area contributed by atoms with Gasteiger partial charge in [0.15, 0.2) is 5.82 Å². The Hall–Kier alpha value is -4.37. The molecule has 1 saturated heterocycles. The second-order valence-electron chi connectivity index (χ2n) is 10.4. The number of halogens is 1. The van der Waals surface area contributed by atoms with Gasteiger partial charge in [-0.15, -0.1) is 5.10 Å². The predicted molar refractivity (Wildman–Crippen MR) is 154 cm³/mol. The maximum absolute atomic E-state index is 14.5. The Kier molecular flexibility index (Phi) is 7.13. The second kappa shape index (κ2) is 11.0. The molecule has 0 spiro atoms. The number of nitrogens with zero attached hydrogens (tertiary/aromatic N) is 6. The lowest BCUT2D eigenvalue weighted by Crippen LogP contribution is -2.49. The third-order valence-corrected chi connectivity index (χ3v) is 7.90. The standard InChI is InChI=1S/C31H32FN7O/c1-21-12-13-22(2)28-24(21)20-25(31(40)33-28)29(30-34-35-36-39(30)15-14-23-8-4-3-5-9-23)38-18-16-37(17-19-38)27-11-7-6-10-26(27)32/h3-13,20,29H,14-19H2,1-2H3,(H,33,40). The van der Waals surface area contributed by atoms with Gasteiger partial charge < -0.3 is 9.88 Å². The fraction of sp³-hybridized carbons (Fsp3) is 0.290. The van der Waals surface area contributed by atoms with Crippen molar-refractivity contribution in [3.8, 4) is 0 Å². The van der Waals surface area contributed by atoms with Gasteiger partial charge in [-0.1, -0.05) is 54.6 Å². The molecule has 3 aromatic carbocycles. The number of piperazine rings is 1. The summed E-state index contributed by atoms with van der Waals surface area (Å²) in [4.78, 5) is 21.1. The molecule has 40 heavy (non-hydrogen) atoms. The molecule has 1 aliphatic heterocycles. The molecule has 1 unspecified atom stereocenters. The molecule has 0 saturated carbocycles. The Morgan fingerprint density at radius 2 is 1.65 bits per heavy atom. The van der Waals surface area contributed by atoms with Gasteiger partial charge in [-0.05, 0) is 65.6 Å². The molecular formula is C31H32FN7O. The molecule has 0 aliphatic carbocycles. The first-order valence-electron chi connectivity index (χ1n) is 13.7. The number of benzene rings is 3. The first-order valence-corrected chi connectivity index (χ1v) is 13.7. The molecule has 204 valence electrons. The monoisotopic (exact) mass is 537 g/mol. The van der Waals surface area contributed by atoms with Crippen molar-refractivity contribution in [1.82, 2.24) is 30.1 Å². The van der Waals surface area contributed by atoms with Crippen molar-refractivity contribution in [2.75, 3.05) is 31.1 Å². The third-order valence-electron chi connectivity index (χ3n) is 7.90. The molecule has 1 N–H and O–H groups in total. The maximum Gasteiger partial charge on any atom is 0.253 e. The van der Waals surface area contributed by atoms with Crippen molar-refractivity contribution in [2.45, 2.75) is 32.9 Å². The Labute approximate surface area is 232 Å². The summed E-state index contributed by atoms with van der Waals surface area (Å²) < 4.78 is 16.3. The number of tetrazole rings is 1. The Bertz CT molecular complexity index is 1690. The highest BCUT2D eigenvalue weighted by molar-refractivity contribution is 5.85. The normalized spacial score (nSPS) is 15.0. The number of para-hydroxylation sites is 1. The summed E-state index contributed by atoms with van der Waals surface area (Å²) >= 11 is 0. The lowest BCUT2D eigenvalue weighted by molar-refractivity contribution is 0.199. The summed E-state index contributed by atoms with van der Waals surface area (Å²) in [6.45, 7) is 7.11. The van der Waals surface area contributed by atoms with Gasteiger partial charge in [0.2, 0.25) is 0 Å². The van der Waals surface area contributed by atoms with E-state index in [1.54, 1.807) is 6.07 Å². The molecule has 1 fully saturated rings. The Morgan fingerprint density at radius 3 is 2.42 bits per heavy atom. The Balaban J connectivity index is 1.38. The highest BCUT2D eigenvalue weighted by Gasteiger charge is 2.33. The van der Waals surface area contributed by atoms with Gasteiger partial charge in [-0.3, -0.25) is 9.69 Å². The SMILES string of the molecule is Cc1ccc(C)c2[nH]c(=O)c(C(c3nnnn3CCc3ccccc3)N3CCN(c4ccccc4F)CC3)cc12. The molecule has 1 aliphatic rings. The topological polar surface area (TPSA) is 82.9 Å². The molecule has 0 radical (unpaired) electrons. The summed E-state index contributed by atoms with van der Waals surface area (Å²) in [5, 5.41) is 13.8. The molecule has 8 nitrogen and oxygen atoms in total. The maximum atomic E-state index is 14.5. The first kappa shape index (κ1) is 25.9. The molecule has 6 rings (SSSR count). The van der Waals surface area contributed by atoms with Crippen LogP contribution in [0, 0.1) is 19.7 Å². The van der Waals surface area contributed by atoms with E-state index < -0.39 is 6.04 Å². The van der Waals surface area contributed by atoms with Crippen molar-refractivity contribution in [1.29, 1.82) is 0 Å². The van der Waals surface area contributed by atoms with Gasteiger partial charge >= 0.3 is 0 Å². The van der Waals surface area contributed by atoms with E-state index in [0.29, 0.717) is 49.8 Å². The number of anilines is 1. The smallest absolute Gasteiger partial charge is 0.253 e. The largest absolute Gasteiger partial charge is 0.367 e. The summed E-state index contributed by atoms with van der Waals surface area (Å²) in [6.07, 6.45) is 0.763. The van der Waals surface area contributed by atoms with Crippen LogP contribution in [0.3, 0.4) is 0 Å². The van der Waals surface area contributed by atoms with E-state index in [9.17, 15) is 9.18 Å². The molecule has 3 heterocycles. The van der Waals surface area contributed by atoms with Crippen LogP contribution in [0.25, 0.3) is 10.9 Å². The number of pyridine rings is 1. The minimum Gasteiger partial charge on any atom is -0.367 e. The summed E-state index contributed by atoms with van der Waals surface area (Å²) in [7, 11) is 0. The first-order chi connectivity index (χ1) is 19.5. The number of aromatic nitrogens is 5. The second-order valence-corrected chi connectivity index (χ2v) is 10.4. The van der Waals surface area contributed by atoms with E-state index >= 15 is 0 Å². The quantitative estimate of drug-likeness (QED) is 0.331. The zero-order valence-electron chi connectivity index (χ0n) is 22.7. The van der Waals surface area contributed by atoms with Crippen molar-refractivity contribution < 1.29 is 4.39 Å². The van der Waals surface area contributed by atoms with Crippen LogP contribution < -0.4 is 10.5 Å². The lowest BCUT2D eigenvalue weighted by atomic mass is 9.99. The van der Waals surface area contributed by atoms with Crippen LogP contribution in [0.4, 0.5) is 10.1 Å². The molecule has 2 aromatic heterocycles. The van der Waals surface area contributed by atoms with E-state index in [0.717, 1.165) is 28.5 Å². The van der Waals surface area contributed by atoms with E-state index in [-0.39, 0.29) is 11.4 Å². The summed E-state index contributed by atoms with van der Waals surface area (Å²) in [5.41, 5.74) is 5.20. The van der Waals surface area contributed by atoms with Gasteiger partial charge in [0.05, 0.1) is 11.2 Å². The van der Waals surface area contributed by atoms with Gasteiger partial charge in [0, 0.05) is 43.7 Å². The fourth-order valence-corrected chi connectivity index (χ4v) is 5.67. The van der Waals surface area contributed by atoms with Crippen LogP contribution in [0.5, 0.6) is 0 Å². The summed E-state index contributed by atoms with van der Waals surface area (Å²) in [6, 6.07) is 22.7. The number of rotatable bonds is 7.